The van der Waals surface area contributed by atoms with Crippen molar-refractivity contribution in [3.63, 3.8) is 0 Å². The number of nitrogens with one attached hydrogen (secondary N) is 1. The Bertz CT molecular complexity index is 995. The Morgan fingerprint density at radius 1 is 1.11 bits per heavy atom. The zero-order chi connectivity index (χ0) is 19.7. The predicted molar refractivity (Wildman–Crippen MR) is 114 cm³/mol. The van der Waals surface area contributed by atoms with Gasteiger partial charge in [-0.05, 0) is 54.7 Å². The normalized spacial score (nSPS) is 15.6. The first-order valence-electron chi connectivity index (χ1n) is 9.76. The van der Waals surface area contributed by atoms with Crippen LogP contribution >= 0.6 is 0 Å². The van der Waals surface area contributed by atoms with Crippen LogP contribution in [0.15, 0.2) is 67.0 Å². The van der Waals surface area contributed by atoms with Gasteiger partial charge in [-0.15, -0.1) is 0 Å². The highest BCUT2D eigenvalue weighted by molar-refractivity contribution is 6.04. The fraction of sp³-hybridized carbons (Fsp3) is 0.250. The fourth-order valence-electron chi connectivity index (χ4n) is 3.80. The van der Waals surface area contributed by atoms with Gasteiger partial charge in [0.2, 0.25) is 0 Å². The van der Waals surface area contributed by atoms with Crippen molar-refractivity contribution in [2.24, 2.45) is 0 Å². The summed E-state index contributed by atoms with van der Waals surface area (Å²) in [5.41, 5.74) is 6.07. The van der Waals surface area contributed by atoms with Gasteiger partial charge >= 0.3 is 0 Å². The van der Waals surface area contributed by atoms with E-state index in [0.29, 0.717) is 17.5 Å². The number of hydrogen-bond acceptors (Lipinski definition) is 3. The Kier molecular flexibility index (Phi) is 4.86. The lowest BCUT2D eigenvalue weighted by Crippen LogP contribution is -2.24. The number of carbonyl (C=O) groups is 1. The van der Waals surface area contributed by atoms with Gasteiger partial charge in [0.15, 0.2) is 0 Å². The first-order chi connectivity index (χ1) is 13.5. The number of benzene rings is 2. The molecule has 1 amide bonds. The summed E-state index contributed by atoms with van der Waals surface area (Å²) in [5.74, 6) is 0.322. The van der Waals surface area contributed by atoms with Crippen molar-refractivity contribution in [1.82, 2.24) is 4.98 Å². The number of anilines is 3. The van der Waals surface area contributed by atoms with Gasteiger partial charge < -0.3 is 10.2 Å². The van der Waals surface area contributed by atoms with Crippen LogP contribution < -0.4 is 10.2 Å². The molecule has 0 saturated carbocycles. The van der Waals surface area contributed by atoms with Gasteiger partial charge in [-0.2, -0.15) is 0 Å². The van der Waals surface area contributed by atoms with Crippen LogP contribution in [0.3, 0.4) is 0 Å². The zero-order valence-corrected chi connectivity index (χ0v) is 16.5. The highest BCUT2D eigenvalue weighted by Gasteiger charge is 2.27. The van der Waals surface area contributed by atoms with Crippen molar-refractivity contribution in [2.45, 2.75) is 39.2 Å². The number of hydrogen-bond donors (Lipinski definition) is 1. The van der Waals surface area contributed by atoms with Crippen molar-refractivity contribution in [3.8, 4) is 0 Å². The lowest BCUT2D eigenvalue weighted by atomic mass is 10.0. The Labute approximate surface area is 166 Å². The number of pyridine rings is 1. The maximum Gasteiger partial charge on any atom is 0.257 e. The number of aromatic nitrogens is 1. The molecule has 1 N–H and O–H groups in total. The minimum Gasteiger partial charge on any atom is -0.337 e. The third-order valence-corrected chi connectivity index (χ3v) is 5.31. The summed E-state index contributed by atoms with van der Waals surface area (Å²) in [5, 5.41) is 2.98. The van der Waals surface area contributed by atoms with E-state index in [4.69, 9.17) is 0 Å². The lowest BCUT2D eigenvalue weighted by Gasteiger charge is -2.25. The monoisotopic (exact) mass is 371 g/mol. The number of amides is 1. The Balaban J connectivity index is 1.56. The molecular formula is C24H25N3O. The van der Waals surface area contributed by atoms with Crippen LogP contribution in [0.5, 0.6) is 0 Å². The number of fused-ring (bicyclic) bond motifs is 1. The van der Waals surface area contributed by atoms with Crippen LogP contribution in [0.2, 0.25) is 0 Å². The summed E-state index contributed by atoms with van der Waals surface area (Å²) in [6.07, 6.45) is 4.44. The maximum atomic E-state index is 12.8. The number of rotatable bonds is 4. The molecule has 0 radical (unpaired) electrons. The predicted octanol–water partition coefficient (Wildman–Crippen LogP) is 5.54. The van der Waals surface area contributed by atoms with Crippen LogP contribution in [-0.2, 0) is 6.42 Å². The molecule has 3 aromatic rings. The van der Waals surface area contributed by atoms with E-state index < -0.39 is 0 Å². The zero-order valence-electron chi connectivity index (χ0n) is 16.5. The van der Waals surface area contributed by atoms with Gasteiger partial charge in [0.05, 0.1) is 17.4 Å². The molecule has 0 bridgehead atoms. The molecule has 142 valence electrons. The highest BCUT2D eigenvalue weighted by Crippen LogP contribution is 2.37. The second-order valence-corrected chi connectivity index (χ2v) is 7.71. The minimum absolute atomic E-state index is 0.146. The molecule has 0 spiro atoms. The van der Waals surface area contributed by atoms with Crippen molar-refractivity contribution < 1.29 is 4.79 Å². The average molecular weight is 371 g/mol. The van der Waals surface area contributed by atoms with Gasteiger partial charge in [-0.3, -0.25) is 9.78 Å². The van der Waals surface area contributed by atoms with Crippen molar-refractivity contribution in [1.29, 1.82) is 0 Å². The van der Waals surface area contributed by atoms with Crippen LogP contribution in [0.25, 0.3) is 0 Å². The van der Waals surface area contributed by atoms with Gasteiger partial charge in [-0.1, -0.05) is 44.2 Å². The van der Waals surface area contributed by atoms with E-state index in [2.05, 4.69) is 72.4 Å². The molecule has 4 rings (SSSR count). The van der Waals surface area contributed by atoms with Crippen molar-refractivity contribution in [2.75, 3.05) is 10.2 Å². The van der Waals surface area contributed by atoms with Crippen molar-refractivity contribution in [3.05, 3.63) is 83.7 Å². The number of carbonyl (C=O) groups excluding carboxylic acids is 1. The molecular weight excluding hydrogens is 346 g/mol. The fourth-order valence-corrected chi connectivity index (χ4v) is 3.80. The van der Waals surface area contributed by atoms with E-state index in [1.54, 1.807) is 6.20 Å². The van der Waals surface area contributed by atoms with Gasteiger partial charge in [0.25, 0.3) is 5.91 Å². The van der Waals surface area contributed by atoms with E-state index >= 15 is 0 Å². The largest absolute Gasteiger partial charge is 0.337 e. The first kappa shape index (κ1) is 18.2. The van der Waals surface area contributed by atoms with Crippen LogP contribution in [0.4, 0.5) is 17.1 Å². The second kappa shape index (κ2) is 7.47. The summed E-state index contributed by atoms with van der Waals surface area (Å²) in [4.78, 5) is 19.4. The summed E-state index contributed by atoms with van der Waals surface area (Å²) in [6, 6.07) is 18.7. The number of para-hydroxylation sites is 1. The molecule has 1 aliphatic heterocycles. The molecule has 1 atom stereocenters. The Hall–Kier alpha value is -3.14. The molecule has 1 unspecified atom stereocenters. The summed E-state index contributed by atoms with van der Waals surface area (Å²) >= 11 is 0. The molecule has 2 aromatic carbocycles. The summed E-state index contributed by atoms with van der Waals surface area (Å²) in [7, 11) is 0. The standard InChI is InChI=1S/C24H25N3O/c1-16(2)18-8-10-21(11-9-18)26-24(28)20-13-22(15-25-14-20)27-17(3)12-19-6-4-5-7-23(19)27/h4-11,13-17H,12H2,1-3H3,(H,26,28). The maximum absolute atomic E-state index is 12.8. The van der Waals surface area contributed by atoms with E-state index in [1.807, 2.05) is 24.4 Å². The lowest BCUT2D eigenvalue weighted by molar-refractivity contribution is 0.102. The van der Waals surface area contributed by atoms with Crippen LogP contribution in [0.1, 0.15) is 48.2 Å². The Morgan fingerprint density at radius 2 is 1.86 bits per heavy atom. The minimum atomic E-state index is -0.146. The van der Waals surface area contributed by atoms with E-state index in [9.17, 15) is 4.79 Å². The Morgan fingerprint density at radius 3 is 2.61 bits per heavy atom. The van der Waals surface area contributed by atoms with Crippen LogP contribution in [0, 0.1) is 0 Å². The quantitative estimate of drug-likeness (QED) is 0.655. The molecule has 4 nitrogen and oxygen atoms in total. The highest BCUT2D eigenvalue weighted by atomic mass is 16.1. The first-order valence-corrected chi connectivity index (χ1v) is 9.76. The smallest absolute Gasteiger partial charge is 0.257 e. The summed E-state index contributed by atoms with van der Waals surface area (Å²) in [6.45, 7) is 6.51. The molecule has 28 heavy (non-hydrogen) atoms. The van der Waals surface area contributed by atoms with Gasteiger partial charge in [-0.25, -0.2) is 0 Å². The van der Waals surface area contributed by atoms with E-state index in [0.717, 1.165) is 17.8 Å². The molecule has 2 heterocycles. The average Bonchev–Trinajstić information content (AvgIpc) is 3.04. The molecule has 0 fully saturated rings. The third-order valence-electron chi connectivity index (χ3n) is 5.31. The molecule has 1 aliphatic rings. The SMILES string of the molecule is CC(C)c1ccc(NC(=O)c2cncc(N3c4ccccc4CC3C)c2)cc1. The molecule has 0 saturated heterocycles. The number of nitrogens with zero attached hydrogens (tertiary/aromatic N) is 2. The molecule has 1 aromatic heterocycles. The summed E-state index contributed by atoms with van der Waals surface area (Å²) < 4.78 is 0. The van der Waals surface area contributed by atoms with Crippen molar-refractivity contribution >= 4 is 23.0 Å². The van der Waals surface area contributed by atoms with Gasteiger partial charge in [0.1, 0.15) is 0 Å². The van der Waals surface area contributed by atoms with Gasteiger partial charge in [0, 0.05) is 23.6 Å². The van der Waals surface area contributed by atoms with Crippen LogP contribution in [-0.4, -0.2) is 16.9 Å². The topological polar surface area (TPSA) is 45.2 Å². The third kappa shape index (κ3) is 3.50. The van der Waals surface area contributed by atoms with E-state index in [-0.39, 0.29) is 5.91 Å². The van der Waals surface area contributed by atoms with E-state index in [1.165, 1.54) is 16.8 Å². The second-order valence-electron chi connectivity index (χ2n) is 7.71. The molecule has 4 heteroatoms. The molecule has 0 aliphatic carbocycles.